The van der Waals surface area contributed by atoms with Crippen LogP contribution in [0.3, 0.4) is 0 Å². The van der Waals surface area contributed by atoms with Gasteiger partial charge in [0.1, 0.15) is 5.82 Å². The molecule has 2 aromatic rings. The highest BCUT2D eigenvalue weighted by molar-refractivity contribution is 5.44. The first-order valence-corrected chi connectivity index (χ1v) is 7.54. The molecule has 0 unspecified atom stereocenters. The Labute approximate surface area is 127 Å². The minimum absolute atomic E-state index is 0.0537. The van der Waals surface area contributed by atoms with E-state index in [4.69, 9.17) is 4.98 Å². The standard InChI is InChI=1S/C18H24N2O/c1-4-20(12-15-8-6-5-7-9-15)18-11-16(13-21)10-17(19-18)14(2)3/h5-11,14,21H,4,12-13H2,1-3H3. The van der Waals surface area contributed by atoms with Crippen LogP contribution in [0, 0.1) is 0 Å². The predicted octanol–water partition coefficient (Wildman–Crippen LogP) is 3.72. The molecule has 3 heteroatoms. The van der Waals surface area contributed by atoms with E-state index in [0.717, 1.165) is 30.2 Å². The van der Waals surface area contributed by atoms with Crippen molar-refractivity contribution in [1.29, 1.82) is 0 Å². The van der Waals surface area contributed by atoms with Gasteiger partial charge in [0.2, 0.25) is 0 Å². The number of benzene rings is 1. The summed E-state index contributed by atoms with van der Waals surface area (Å²) in [7, 11) is 0. The lowest BCUT2D eigenvalue weighted by molar-refractivity contribution is 0.281. The van der Waals surface area contributed by atoms with Crippen molar-refractivity contribution in [3.8, 4) is 0 Å². The van der Waals surface area contributed by atoms with E-state index in [9.17, 15) is 5.11 Å². The highest BCUT2D eigenvalue weighted by Gasteiger charge is 2.11. The van der Waals surface area contributed by atoms with Gasteiger partial charge in [-0.25, -0.2) is 4.98 Å². The summed E-state index contributed by atoms with van der Waals surface area (Å²) >= 11 is 0. The summed E-state index contributed by atoms with van der Waals surface area (Å²) in [5.41, 5.74) is 3.22. The van der Waals surface area contributed by atoms with Crippen molar-refractivity contribution in [2.45, 2.75) is 39.8 Å². The van der Waals surface area contributed by atoms with Gasteiger partial charge in [-0.15, -0.1) is 0 Å². The molecule has 1 N–H and O–H groups in total. The van der Waals surface area contributed by atoms with Crippen LogP contribution >= 0.6 is 0 Å². The molecule has 0 fully saturated rings. The van der Waals surface area contributed by atoms with E-state index in [2.05, 4.69) is 49.9 Å². The Morgan fingerprint density at radius 3 is 2.38 bits per heavy atom. The van der Waals surface area contributed by atoms with Gasteiger partial charge in [0.25, 0.3) is 0 Å². The highest BCUT2D eigenvalue weighted by atomic mass is 16.3. The Kier molecular flexibility index (Phi) is 5.34. The first-order chi connectivity index (χ1) is 10.1. The lowest BCUT2D eigenvalue weighted by Gasteiger charge is -2.24. The summed E-state index contributed by atoms with van der Waals surface area (Å²) in [5, 5.41) is 9.47. The fourth-order valence-corrected chi connectivity index (χ4v) is 2.30. The van der Waals surface area contributed by atoms with E-state index < -0.39 is 0 Å². The number of aliphatic hydroxyl groups is 1. The van der Waals surface area contributed by atoms with Crippen molar-refractivity contribution in [1.82, 2.24) is 4.98 Å². The monoisotopic (exact) mass is 284 g/mol. The Hall–Kier alpha value is -1.87. The number of aromatic nitrogens is 1. The largest absolute Gasteiger partial charge is 0.392 e. The Morgan fingerprint density at radius 2 is 1.81 bits per heavy atom. The molecule has 0 bridgehead atoms. The maximum atomic E-state index is 9.47. The molecule has 0 aliphatic carbocycles. The fraction of sp³-hybridized carbons (Fsp3) is 0.389. The van der Waals surface area contributed by atoms with E-state index in [1.165, 1.54) is 5.56 Å². The number of hydrogen-bond acceptors (Lipinski definition) is 3. The first-order valence-electron chi connectivity index (χ1n) is 7.54. The summed E-state index contributed by atoms with van der Waals surface area (Å²) in [4.78, 5) is 7.00. The van der Waals surface area contributed by atoms with Gasteiger partial charge in [-0.3, -0.25) is 0 Å². The van der Waals surface area contributed by atoms with E-state index in [1.807, 2.05) is 18.2 Å². The summed E-state index contributed by atoms with van der Waals surface area (Å²) < 4.78 is 0. The van der Waals surface area contributed by atoms with Gasteiger partial charge in [0.05, 0.1) is 6.61 Å². The zero-order valence-corrected chi connectivity index (χ0v) is 13.1. The molecule has 0 atom stereocenters. The van der Waals surface area contributed by atoms with Crippen LogP contribution < -0.4 is 4.90 Å². The minimum atomic E-state index is 0.0537. The molecule has 1 aromatic heterocycles. The average molecular weight is 284 g/mol. The molecule has 21 heavy (non-hydrogen) atoms. The minimum Gasteiger partial charge on any atom is -0.392 e. The van der Waals surface area contributed by atoms with Gasteiger partial charge in [0.15, 0.2) is 0 Å². The number of hydrogen-bond donors (Lipinski definition) is 1. The van der Waals surface area contributed by atoms with E-state index >= 15 is 0 Å². The van der Waals surface area contributed by atoms with Crippen LogP contribution in [0.1, 0.15) is 43.5 Å². The summed E-state index contributed by atoms with van der Waals surface area (Å²) in [6, 6.07) is 14.4. The SMILES string of the molecule is CCN(Cc1ccccc1)c1cc(CO)cc(C(C)C)n1. The molecule has 0 aliphatic heterocycles. The normalized spacial score (nSPS) is 10.9. The van der Waals surface area contributed by atoms with Gasteiger partial charge in [-0.1, -0.05) is 44.2 Å². The third kappa shape index (κ3) is 4.05. The zero-order valence-electron chi connectivity index (χ0n) is 13.1. The van der Waals surface area contributed by atoms with Crippen LogP contribution in [0.2, 0.25) is 0 Å². The van der Waals surface area contributed by atoms with Crippen LogP contribution in [0.25, 0.3) is 0 Å². The Balaban J connectivity index is 2.30. The third-order valence-electron chi connectivity index (χ3n) is 3.59. The van der Waals surface area contributed by atoms with Crippen LogP contribution in [-0.4, -0.2) is 16.6 Å². The maximum absolute atomic E-state index is 9.47. The van der Waals surface area contributed by atoms with Gasteiger partial charge in [-0.2, -0.15) is 0 Å². The molecule has 2 rings (SSSR count). The summed E-state index contributed by atoms with van der Waals surface area (Å²) in [6.07, 6.45) is 0. The van der Waals surface area contributed by atoms with Crippen molar-refractivity contribution in [2.24, 2.45) is 0 Å². The lowest BCUT2D eigenvalue weighted by Crippen LogP contribution is -2.23. The molecule has 112 valence electrons. The van der Waals surface area contributed by atoms with Gasteiger partial charge in [0, 0.05) is 18.8 Å². The molecule has 0 spiro atoms. The van der Waals surface area contributed by atoms with Crippen molar-refractivity contribution >= 4 is 5.82 Å². The molecule has 0 saturated heterocycles. The highest BCUT2D eigenvalue weighted by Crippen LogP contribution is 2.21. The van der Waals surface area contributed by atoms with Crippen molar-refractivity contribution < 1.29 is 5.11 Å². The van der Waals surface area contributed by atoms with Crippen molar-refractivity contribution in [2.75, 3.05) is 11.4 Å². The van der Waals surface area contributed by atoms with Crippen molar-refractivity contribution in [3.63, 3.8) is 0 Å². The molecule has 0 amide bonds. The predicted molar refractivity (Wildman–Crippen MR) is 87.4 cm³/mol. The fourth-order valence-electron chi connectivity index (χ4n) is 2.30. The van der Waals surface area contributed by atoms with E-state index in [0.29, 0.717) is 5.92 Å². The maximum Gasteiger partial charge on any atom is 0.129 e. The van der Waals surface area contributed by atoms with E-state index in [1.54, 1.807) is 0 Å². The second kappa shape index (κ2) is 7.23. The number of nitrogens with zero attached hydrogens (tertiary/aromatic N) is 2. The molecular weight excluding hydrogens is 260 g/mol. The molecular formula is C18H24N2O. The molecule has 0 saturated carbocycles. The number of rotatable bonds is 6. The smallest absolute Gasteiger partial charge is 0.129 e. The van der Waals surface area contributed by atoms with Crippen molar-refractivity contribution in [3.05, 3.63) is 59.3 Å². The first kappa shape index (κ1) is 15.5. The summed E-state index contributed by atoms with van der Waals surface area (Å²) in [5.74, 6) is 1.29. The average Bonchev–Trinajstić information content (AvgIpc) is 2.53. The van der Waals surface area contributed by atoms with Crippen LogP contribution in [0.5, 0.6) is 0 Å². The lowest BCUT2D eigenvalue weighted by atomic mass is 10.1. The molecule has 0 aliphatic rings. The van der Waals surface area contributed by atoms with E-state index in [-0.39, 0.29) is 6.61 Å². The van der Waals surface area contributed by atoms with Crippen LogP contribution in [0.15, 0.2) is 42.5 Å². The topological polar surface area (TPSA) is 36.4 Å². The second-order valence-electron chi connectivity index (χ2n) is 5.57. The quantitative estimate of drug-likeness (QED) is 0.878. The van der Waals surface area contributed by atoms with Crippen LogP contribution in [-0.2, 0) is 13.2 Å². The number of pyridine rings is 1. The Morgan fingerprint density at radius 1 is 1.10 bits per heavy atom. The molecule has 1 heterocycles. The number of aliphatic hydroxyl groups excluding tert-OH is 1. The van der Waals surface area contributed by atoms with Gasteiger partial charge < -0.3 is 10.0 Å². The second-order valence-corrected chi connectivity index (χ2v) is 5.57. The Bertz CT molecular complexity index is 567. The molecule has 1 aromatic carbocycles. The van der Waals surface area contributed by atoms with Crippen LogP contribution in [0.4, 0.5) is 5.82 Å². The molecule has 0 radical (unpaired) electrons. The third-order valence-corrected chi connectivity index (χ3v) is 3.59. The zero-order chi connectivity index (χ0) is 15.2. The summed E-state index contributed by atoms with van der Waals surface area (Å²) in [6.45, 7) is 8.15. The number of anilines is 1. The van der Waals surface area contributed by atoms with Gasteiger partial charge in [-0.05, 0) is 36.1 Å². The van der Waals surface area contributed by atoms with Gasteiger partial charge >= 0.3 is 0 Å². The molecule has 3 nitrogen and oxygen atoms in total.